The van der Waals surface area contributed by atoms with Crippen molar-refractivity contribution in [3.05, 3.63) is 216 Å². The van der Waals surface area contributed by atoms with Gasteiger partial charge in [0.2, 0.25) is 0 Å². The highest BCUT2D eigenvalue weighted by Gasteiger charge is 2.51. The number of benzene rings is 8. The maximum absolute atomic E-state index is 5.75. The Kier molecular flexibility index (Phi) is 14.7. The lowest BCUT2D eigenvalue weighted by Gasteiger charge is -2.29. The average Bonchev–Trinajstić information content (AvgIpc) is 4.01. The van der Waals surface area contributed by atoms with Crippen molar-refractivity contribution in [3.63, 3.8) is 0 Å². The molecule has 6 nitrogen and oxygen atoms in total. The molecule has 4 aliphatic heterocycles. The normalized spacial score (nSPS) is 22.2. The van der Waals surface area contributed by atoms with Crippen LogP contribution in [0.2, 0.25) is 0 Å². The molecule has 0 aliphatic carbocycles. The Morgan fingerprint density at radius 3 is 1.26 bits per heavy atom. The third-order valence-electron chi connectivity index (χ3n) is 18.5. The number of quaternary nitrogens is 2. The number of allylic oxidation sites excluding steroid dienone is 6. The van der Waals surface area contributed by atoms with Gasteiger partial charge in [0.25, 0.3) is 0 Å². The largest absolute Gasteiger partial charge is 0.364 e. The third-order valence-corrected chi connectivity index (χ3v) is 18.5. The number of hydrogen-bond donors (Lipinski definition) is 2. The minimum Gasteiger partial charge on any atom is -0.364 e. The molecule has 80 heavy (non-hydrogen) atoms. The lowest BCUT2D eigenvalue weighted by atomic mass is 9.78. The van der Waals surface area contributed by atoms with E-state index in [0.29, 0.717) is 31.3 Å². The van der Waals surface area contributed by atoms with Gasteiger partial charge in [-0.3, -0.25) is 9.80 Å². The number of rotatable bonds is 12. The molecule has 4 unspecified atom stereocenters. The molecule has 0 spiro atoms. The monoisotopic (exact) mass is 1060 g/mol. The van der Waals surface area contributed by atoms with Gasteiger partial charge in [-0.1, -0.05) is 177 Å². The molecule has 0 saturated carbocycles. The van der Waals surface area contributed by atoms with Gasteiger partial charge in [-0.2, -0.15) is 0 Å². The van der Waals surface area contributed by atoms with E-state index >= 15 is 0 Å². The van der Waals surface area contributed by atoms with Crippen LogP contribution in [0, 0.1) is 11.8 Å². The molecule has 0 saturated heterocycles. The zero-order valence-electron chi connectivity index (χ0n) is 50.2. The zero-order chi connectivity index (χ0) is 56.5. The van der Waals surface area contributed by atoms with E-state index in [1.807, 2.05) is 0 Å². The van der Waals surface area contributed by atoms with Crippen molar-refractivity contribution in [3.8, 4) is 0 Å². The molecule has 0 fully saturated rings. The highest BCUT2D eigenvalue weighted by molar-refractivity contribution is 5.97. The molecule has 0 amide bonds. The summed E-state index contributed by atoms with van der Waals surface area (Å²) in [6.07, 6.45) is 14.3. The summed E-state index contributed by atoms with van der Waals surface area (Å²) in [5.74, 6) is 1.18. The topological polar surface area (TPSA) is 33.8 Å². The maximum atomic E-state index is 5.75. The molecule has 12 rings (SSSR count). The first-order chi connectivity index (χ1) is 38.3. The number of fused-ring (bicyclic) bond motifs is 12. The van der Waals surface area contributed by atoms with Crippen LogP contribution >= 0.6 is 0 Å². The lowest BCUT2D eigenvalue weighted by Crippen LogP contribution is -3.11. The van der Waals surface area contributed by atoms with Crippen molar-refractivity contribution in [2.45, 2.75) is 117 Å². The quantitative estimate of drug-likeness (QED) is 0.128. The first-order valence-electron chi connectivity index (χ1n) is 29.4. The van der Waals surface area contributed by atoms with Crippen molar-refractivity contribution in [1.29, 1.82) is 0 Å². The van der Waals surface area contributed by atoms with Crippen LogP contribution in [0.1, 0.15) is 105 Å². The van der Waals surface area contributed by atoms with Crippen LogP contribution in [0.25, 0.3) is 43.1 Å². The number of nitrogens with one attached hydrogen (secondary N) is 2. The van der Waals surface area contributed by atoms with Crippen molar-refractivity contribution < 1.29 is 19.3 Å². The van der Waals surface area contributed by atoms with Gasteiger partial charge in [0, 0.05) is 83.5 Å². The van der Waals surface area contributed by atoms with Crippen molar-refractivity contribution in [2.24, 2.45) is 11.8 Å². The minimum atomic E-state index is -0.164. The van der Waals surface area contributed by atoms with Crippen LogP contribution in [0.4, 0.5) is 22.7 Å². The van der Waals surface area contributed by atoms with Crippen molar-refractivity contribution in [1.82, 2.24) is 0 Å². The van der Waals surface area contributed by atoms with Gasteiger partial charge in [0.05, 0.1) is 17.4 Å². The van der Waals surface area contributed by atoms with Crippen molar-refractivity contribution >= 4 is 65.8 Å². The SMILES string of the molecule is CC(C)CN1C(=CC=CC2[NH+](CC(C)C)c3ccc4ccccc4c3C2(C)C)C(C)(C)c2c1ccc1ccccc21.COCN1/C(=C\C=C\C2[NH+](COC)c3ccc4ccccc4c3C2(C)C)C(C)(C)c2c1ccc1ccccc21. The van der Waals surface area contributed by atoms with Gasteiger partial charge < -0.3 is 19.3 Å². The summed E-state index contributed by atoms with van der Waals surface area (Å²) >= 11 is 0. The zero-order valence-corrected chi connectivity index (χ0v) is 50.2. The van der Waals surface area contributed by atoms with Gasteiger partial charge in [0.15, 0.2) is 6.73 Å². The van der Waals surface area contributed by atoms with E-state index in [2.05, 4.69) is 275 Å². The summed E-state index contributed by atoms with van der Waals surface area (Å²) in [6, 6.07) is 54.2. The van der Waals surface area contributed by atoms with E-state index in [1.54, 1.807) is 19.1 Å². The van der Waals surface area contributed by atoms with Gasteiger partial charge in [-0.25, -0.2) is 0 Å². The summed E-state index contributed by atoms with van der Waals surface area (Å²) in [4.78, 5) is 7.87. The van der Waals surface area contributed by atoms with Crippen LogP contribution in [0.15, 0.2) is 193 Å². The second kappa shape index (κ2) is 21.3. The van der Waals surface area contributed by atoms with Crippen LogP contribution in [-0.4, -0.2) is 52.9 Å². The van der Waals surface area contributed by atoms with Gasteiger partial charge >= 0.3 is 0 Å². The molecule has 4 atom stereocenters. The fraction of sp³-hybridized carbons (Fsp3) is 0.351. The van der Waals surface area contributed by atoms with Crippen LogP contribution in [0.3, 0.4) is 0 Å². The Morgan fingerprint density at radius 1 is 0.450 bits per heavy atom. The third kappa shape index (κ3) is 9.21. The lowest BCUT2D eigenvalue weighted by molar-refractivity contribution is -0.871. The number of methoxy groups -OCH3 is 2. The molecule has 0 aromatic heterocycles. The van der Waals surface area contributed by atoms with E-state index in [9.17, 15) is 0 Å². The van der Waals surface area contributed by atoms with Crippen LogP contribution < -0.4 is 19.6 Å². The summed E-state index contributed by atoms with van der Waals surface area (Å²) < 4.78 is 11.5. The average molecular weight is 1060 g/mol. The van der Waals surface area contributed by atoms with Crippen LogP contribution in [-0.2, 0) is 31.1 Å². The second-order valence-corrected chi connectivity index (χ2v) is 26.2. The van der Waals surface area contributed by atoms with E-state index in [0.717, 1.165) is 13.1 Å². The van der Waals surface area contributed by atoms with E-state index in [1.165, 1.54) is 104 Å². The Balaban J connectivity index is 0.000000169. The van der Waals surface area contributed by atoms with Crippen molar-refractivity contribution in [2.75, 3.05) is 50.6 Å². The Morgan fingerprint density at radius 2 is 0.838 bits per heavy atom. The molecular formula is C74H86N4O2+2. The molecule has 8 aromatic carbocycles. The fourth-order valence-electron chi connectivity index (χ4n) is 15.1. The Hall–Kier alpha value is -6.80. The summed E-state index contributed by atoms with van der Waals surface area (Å²) in [6.45, 7) is 31.8. The Bertz CT molecular complexity index is 3780. The predicted octanol–water partition coefficient (Wildman–Crippen LogP) is 15.3. The molecule has 4 heterocycles. The van der Waals surface area contributed by atoms with Gasteiger partial charge in [-0.05, 0) is 136 Å². The van der Waals surface area contributed by atoms with E-state index < -0.39 is 0 Å². The summed E-state index contributed by atoms with van der Waals surface area (Å²) in [5, 5.41) is 10.7. The first kappa shape index (κ1) is 55.1. The van der Waals surface area contributed by atoms with E-state index in [4.69, 9.17) is 9.47 Å². The van der Waals surface area contributed by atoms with Gasteiger partial charge in [0.1, 0.15) is 30.2 Å². The summed E-state index contributed by atoms with van der Waals surface area (Å²) in [5.41, 5.74) is 13.6. The second-order valence-electron chi connectivity index (χ2n) is 26.2. The Labute approximate surface area is 477 Å². The maximum Gasteiger partial charge on any atom is 0.186 e. The standard InChI is InChI=1S/C39H46N2.C35H38N2O2/c1-26(2)24-40-32-22-20-28-14-9-11-16-30(28)36(32)38(5,6)34(40)18-13-19-35-39(7,8)37-31-17-12-10-15-29(31)21-23-33(37)41(35)25-27(3)4;1-34(2)30(36(22-38-5)28-20-18-24-12-7-9-14-26(24)32(28)34)16-11-17-31-35(3,4)33-27-15-10-8-13-25(27)19-21-29(33)37(31)23-39-6/h9-23,26-27,34H,24-25H2,1-8H3;7-21,30H,22-23H2,1-6H3/p+2/b;16-11+,31-17-. The molecule has 412 valence electrons. The first-order valence-corrected chi connectivity index (χ1v) is 29.4. The molecule has 6 heteroatoms. The summed E-state index contributed by atoms with van der Waals surface area (Å²) in [7, 11) is 3.57. The highest BCUT2D eigenvalue weighted by Crippen LogP contribution is 2.53. The number of nitrogens with zero attached hydrogens (tertiary/aromatic N) is 2. The molecule has 4 aliphatic rings. The number of hydrogen-bond acceptors (Lipinski definition) is 4. The highest BCUT2D eigenvalue weighted by atomic mass is 16.5. The number of ether oxygens (including phenoxy) is 2. The smallest absolute Gasteiger partial charge is 0.186 e. The minimum absolute atomic E-state index is 0.0252. The molecule has 0 bridgehead atoms. The van der Waals surface area contributed by atoms with E-state index in [-0.39, 0.29) is 27.7 Å². The number of anilines is 2. The van der Waals surface area contributed by atoms with Gasteiger partial charge in [-0.15, -0.1) is 0 Å². The molecule has 2 N–H and O–H groups in total. The molecule has 0 radical (unpaired) electrons. The molecule has 8 aromatic rings. The fourth-order valence-corrected chi connectivity index (χ4v) is 15.1. The predicted molar refractivity (Wildman–Crippen MR) is 339 cm³/mol. The van der Waals surface area contributed by atoms with Crippen LogP contribution in [0.5, 0.6) is 0 Å². The molecular weight excluding hydrogens is 977 g/mol.